The molecule has 0 saturated carbocycles. The fourth-order valence-electron chi connectivity index (χ4n) is 3.71. The van der Waals surface area contributed by atoms with Crippen molar-refractivity contribution >= 4 is 5.95 Å². The molecule has 4 rings (SSSR count). The van der Waals surface area contributed by atoms with Crippen molar-refractivity contribution in [3.8, 4) is 0 Å². The summed E-state index contributed by atoms with van der Waals surface area (Å²) in [6, 6.07) is 4.04. The Hall–Kier alpha value is -2.12. The van der Waals surface area contributed by atoms with Crippen LogP contribution in [0.1, 0.15) is 41.9 Å². The Balaban J connectivity index is 1.44. The molecule has 0 bridgehead atoms. The van der Waals surface area contributed by atoms with Gasteiger partial charge >= 0.3 is 0 Å². The third kappa shape index (κ3) is 3.99. The van der Waals surface area contributed by atoms with Crippen LogP contribution in [0.3, 0.4) is 0 Å². The van der Waals surface area contributed by atoms with Crippen LogP contribution in [0, 0.1) is 13.8 Å². The molecule has 0 spiro atoms. The van der Waals surface area contributed by atoms with Crippen molar-refractivity contribution in [2.45, 2.75) is 39.3 Å². The zero-order valence-electron chi connectivity index (χ0n) is 15.6. The van der Waals surface area contributed by atoms with E-state index < -0.39 is 0 Å². The van der Waals surface area contributed by atoms with Gasteiger partial charge in [-0.1, -0.05) is 0 Å². The van der Waals surface area contributed by atoms with Crippen molar-refractivity contribution in [2.75, 3.05) is 37.7 Å². The van der Waals surface area contributed by atoms with E-state index in [1.54, 1.807) is 0 Å². The largest absolute Gasteiger partial charge is 0.369 e. The molecule has 2 aromatic rings. The molecule has 4 heterocycles. The number of rotatable bonds is 4. The number of aromatic nitrogens is 4. The molecule has 1 atom stereocenters. The highest BCUT2D eigenvalue weighted by atomic mass is 16.5. The number of morpholine rings is 1. The number of anilines is 1. The normalized spacial score (nSPS) is 21.3. The smallest absolute Gasteiger partial charge is 0.225 e. The molecule has 26 heavy (non-hydrogen) atoms. The Morgan fingerprint density at radius 1 is 1.12 bits per heavy atom. The molecule has 2 saturated heterocycles. The van der Waals surface area contributed by atoms with Gasteiger partial charge in [-0.25, -0.2) is 19.9 Å². The molecule has 7 heteroatoms. The maximum atomic E-state index is 5.97. The second-order valence-corrected chi connectivity index (χ2v) is 7.12. The summed E-state index contributed by atoms with van der Waals surface area (Å²) < 4.78 is 5.97. The summed E-state index contributed by atoms with van der Waals surface area (Å²) in [4.78, 5) is 22.8. The summed E-state index contributed by atoms with van der Waals surface area (Å²) >= 11 is 0. The number of aryl methyl sites for hydroxylation is 2. The Kier molecular flexibility index (Phi) is 5.08. The zero-order chi connectivity index (χ0) is 17.9. The first-order valence-electron chi connectivity index (χ1n) is 9.40. The van der Waals surface area contributed by atoms with Crippen LogP contribution < -0.4 is 4.90 Å². The van der Waals surface area contributed by atoms with Gasteiger partial charge in [-0.05, 0) is 38.8 Å². The molecule has 0 aliphatic carbocycles. The van der Waals surface area contributed by atoms with Gasteiger partial charge in [0.2, 0.25) is 5.95 Å². The Bertz CT molecular complexity index is 741. The van der Waals surface area contributed by atoms with Gasteiger partial charge in [-0.3, -0.25) is 4.90 Å². The van der Waals surface area contributed by atoms with Crippen LogP contribution >= 0.6 is 0 Å². The van der Waals surface area contributed by atoms with E-state index in [0.717, 1.165) is 61.6 Å². The van der Waals surface area contributed by atoms with Crippen LogP contribution in [0.2, 0.25) is 0 Å². The summed E-state index contributed by atoms with van der Waals surface area (Å²) in [6.07, 6.45) is 4.34. The molecule has 0 radical (unpaired) electrons. The minimum atomic E-state index is -0.0101. The Morgan fingerprint density at radius 2 is 1.96 bits per heavy atom. The lowest BCUT2D eigenvalue weighted by molar-refractivity contribution is -0.0355. The molecule has 0 N–H and O–H groups in total. The maximum Gasteiger partial charge on any atom is 0.225 e. The topological polar surface area (TPSA) is 67.3 Å². The van der Waals surface area contributed by atoms with Gasteiger partial charge in [-0.15, -0.1) is 0 Å². The highest BCUT2D eigenvalue weighted by Crippen LogP contribution is 2.23. The number of hydrogen-bond donors (Lipinski definition) is 0. The van der Waals surface area contributed by atoms with Gasteiger partial charge in [0.15, 0.2) is 0 Å². The van der Waals surface area contributed by atoms with E-state index in [1.807, 2.05) is 32.2 Å². The van der Waals surface area contributed by atoms with E-state index in [-0.39, 0.29) is 6.10 Å². The van der Waals surface area contributed by atoms with Gasteiger partial charge in [0.05, 0.1) is 18.0 Å². The van der Waals surface area contributed by atoms with Gasteiger partial charge in [0.25, 0.3) is 0 Å². The maximum absolute atomic E-state index is 5.97. The van der Waals surface area contributed by atoms with E-state index in [0.29, 0.717) is 6.61 Å². The molecule has 138 valence electrons. The minimum Gasteiger partial charge on any atom is -0.369 e. The molecule has 0 aromatic carbocycles. The molecule has 7 nitrogen and oxygen atoms in total. The van der Waals surface area contributed by atoms with Crippen LogP contribution in [0.4, 0.5) is 5.95 Å². The van der Waals surface area contributed by atoms with Gasteiger partial charge in [0, 0.05) is 44.6 Å². The lowest BCUT2D eigenvalue weighted by Crippen LogP contribution is -2.38. The highest BCUT2D eigenvalue weighted by molar-refractivity contribution is 5.31. The first kappa shape index (κ1) is 17.3. The number of nitrogens with zero attached hydrogens (tertiary/aromatic N) is 6. The average molecular weight is 354 g/mol. The first-order chi connectivity index (χ1) is 12.7. The molecule has 2 fully saturated rings. The van der Waals surface area contributed by atoms with E-state index in [1.165, 1.54) is 12.8 Å². The Morgan fingerprint density at radius 3 is 2.77 bits per heavy atom. The number of ether oxygens (including phenoxy) is 1. The Labute approximate surface area is 154 Å². The minimum absolute atomic E-state index is 0.0101. The standard InChI is InChI=1S/C19H26N6O/c1-14-11-17(22-15(2)21-14)18-13-24(9-10-26-18)12-16-5-6-20-19(23-16)25-7-3-4-8-25/h5-6,11,18H,3-4,7-10,12-13H2,1-2H3. The zero-order valence-corrected chi connectivity index (χ0v) is 15.6. The van der Waals surface area contributed by atoms with Crippen LogP contribution in [0.15, 0.2) is 18.3 Å². The lowest BCUT2D eigenvalue weighted by Gasteiger charge is -2.32. The SMILES string of the molecule is Cc1cc(C2CN(Cc3ccnc(N4CCCC4)n3)CCO2)nc(C)n1. The van der Waals surface area contributed by atoms with Gasteiger partial charge in [0.1, 0.15) is 11.9 Å². The fraction of sp³-hybridized carbons (Fsp3) is 0.579. The molecule has 0 amide bonds. The number of hydrogen-bond acceptors (Lipinski definition) is 7. The molecule has 2 aliphatic heterocycles. The monoisotopic (exact) mass is 354 g/mol. The van der Waals surface area contributed by atoms with Crippen LogP contribution in [-0.2, 0) is 11.3 Å². The first-order valence-corrected chi connectivity index (χ1v) is 9.40. The quantitative estimate of drug-likeness (QED) is 0.832. The molecular formula is C19H26N6O. The van der Waals surface area contributed by atoms with Crippen molar-refractivity contribution in [1.29, 1.82) is 0 Å². The van der Waals surface area contributed by atoms with Crippen LogP contribution in [0.25, 0.3) is 0 Å². The van der Waals surface area contributed by atoms with Crippen molar-refractivity contribution < 1.29 is 4.74 Å². The predicted molar refractivity (Wildman–Crippen MR) is 99.0 cm³/mol. The third-order valence-corrected chi connectivity index (χ3v) is 4.94. The summed E-state index contributed by atoms with van der Waals surface area (Å²) in [7, 11) is 0. The van der Waals surface area contributed by atoms with Crippen molar-refractivity contribution in [3.63, 3.8) is 0 Å². The second-order valence-electron chi connectivity index (χ2n) is 7.12. The average Bonchev–Trinajstić information content (AvgIpc) is 3.16. The van der Waals surface area contributed by atoms with Crippen molar-refractivity contribution in [2.24, 2.45) is 0 Å². The summed E-state index contributed by atoms with van der Waals surface area (Å²) in [5, 5.41) is 0. The van der Waals surface area contributed by atoms with E-state index in [2.05, 4.69) is 24.8 Å². The van der Waals surface area contributed by atoms with Crippen molar-refractivity contribution in [1.82, 2.24) is 24.8 Å². The van der Waals surface area contributed by atoms with E-state index in [4.69, 9.17) is 9.72 Å². The van der Waals surface area contributed by atoms with Crippen molar-refractivity contribution in [3.05, 3.63) is 41.2 Å². The van der Waals surface area contributed by atoms with Gasteiger partial charge < -0.3 is 9.64 Å². The lowest BCUT2D eigenvalue weighted by atomic mass is 10.1. The third-order valence-electron chi connectivity index (χ3n) is 4.94. The van der Waals surface area contributed by atoms with Gasteiger partial charge in [-0.2, -0.15) is 0 Å². The summed E-state index contributed by atoms with van der Waals surface area (Å²) in [5.41, 5.74) is 3.03. The highest BCUT2D eigenvalue weighted by Gasteiger charge is 2.24. The van der Waals surface area contributed by atoms with E-state index >= 15 is 0 Å². The molecule has 2 aliphatic rings. The predicted octanol–water partition coefficient (Wildman–Crippen LogP) is 2.06. The molecule has 2 aromatic heterocycles. The van der Waals surface area contributed by atoms with E-state index in [9.17, 15) is 0 Å². The fourth-order valence-corrected chi connectivity index (χ4v) is 3.71. The molecular weight excluding hydrogens is 328 g/mol. The summed E-state index contributed by atoms with van der Waals surface area (Å²) in [6.45, 7) is 9.30. The second kappa shape index (κ2) is 7.63. The summed E-state index contributed by atoms with van der Waals surface area (Å²) in [5.74, 6) is 1.67. The molecule has 1 unspecified atom stereocenters. The van der Waals surface area contributed by atoms with Crippen LogP contribution in [-0.4, -0.2) is 57.6 Å². The van der Waals surface area contributed by atoms with Crippen LogP contribution in [0.5, 0.6) is 0 Å².